The maximum atomic E-state index is 13.1. The van der Waals surface area contributed by atoms with E-state index in [-0.39, 0.29) is 24.6 Å². The number of benzene rings is 2. The van der Waals surface area contributed by atoms with E-state index < -0.39 is 17.5 Å². The van der Waals surface area contributed by atoms with Gasteiger partial charge in [-0.3, -0.25) is 19.3 Å². The largest absolute Gasteiger partial charge is 0.501 e. The quantitative estimate of drug-likeness (QED) is 0.232. The van der Waals surface area contributed by atoms with Gasteiger partial charge < -0.3 is 14.6 Å². The van der Waals surface area contributed by atoms with Crippen LogP contribution in [0.15, 0.2) is 52.2 Å². The second-order valence-corrected chi connectivity index (χ2v) is 12.2. The number of aldehydes is 1. The molecule has 0 aliphatic carbocycles. The monoisotopic (exact) mass is 672 g/mol. The van der Waals surface area contributed by atoms with Crippen molar-refractivity contribution in [2.75, 3.05) is 32.4 Å². The van der Waals surface area contributed by atoms with E-state index in [9.17, 15) is 32.7 Å². The standard InChI is InChI=1S/C21H26N4O3S.C7H4Cl2O.C2H3F3/c1-14-5-7-15(8-6-14)29-13-12-24-10-11-25-17(21(24)28)18(26)20(27)22-19(25)16-4-3-9-23(16)2;8-6-2-1-3-7(9)5(6)4-10;1-2(3,4)5/h5-8,16,26H,3-4,9-13H2,1-2H3;1-4H;1H3. The van der Waals surface area contributed by atoms with Crippen LogP contribution in [0.2, 0.25) is 10.0 Å². The molecule has 44 heavy (non-hydrogen) atoms. The van der Waals surface area contributed by atoms with Crippen molar-refractivity contribution in [2.24, 2.45) is 0 Å². The lowest BCUT2D eigenvalue weighted by molar-refractivity contribution is -0.110. The first kappa shape index (κ1) is 35.4. The summed E-state index contributed by atoms with van der Waals surface area (Å²) < 4.78 is 32.8. The van der Waals surface area contributed by atoms with Gasteiger partial charge in [-0.1, -0.05) is 47.0 Å². The molecule has 238 valence electrons. The fourth-order valence-electron chi connectivity index (χ4n) is 4.71. The third-order valence-corrected chi connectivity index (χ3v) is 8.51. The number of carbonyl (C=O) groups excluding carboxylic acids is 2. The molecule has 0 saturated carbocycles. The number of aryl methyl sites for hydroxylation is 1. The van der Waals surface area contributed by atoms with E-state index in [0.717, 1.165) is 30.0 Å². The van der Waals surface area contributed by atoms with E-state index in [0.29, 0.717) is 47.4 Å². The predicted octanol–water partition coefficient (Wildman–Crippen LogP) is 6.65. The molecule has 2 aliphatic heterocycles. The molecule has 1 saturated heterocycles. The van der Waals surface area contributed by atoms with E-state index in [4.69, 9.17) is 23.2 Å². The first-order valence-electron chi connectivity index (χ1n) is 13.7. The summed E-state index contributed by atoms with van der Waals surface area (Å²) in [6, 6.07) is 13.3. The zero-order valence-electron chi connectivity index (χ0n) is 24.4. The predicted molar refractivity (Wildman–Crippen MR) is 166 cm³/mol. The van der Waals surface area contributed by atoms with Crippen LogP contribution < -0.4 is 5.56 Å². The molecule has 1 atom stereocenters. The lowest BCUT2D eigenvalue weighted by Gasteiger charge is -2.33. The Labute approximate surface area is 267 Å². The molecule has 1 amide bonds. The van der Waals surface area contributed by atoms with Crippen molar-refractivity contribution in [1.82, 2.24) is 19.4 Å². The van der Waals surface area contributed by atoms with Gasteiger partial charge >= 0.3 is 11.7 Å². The van der Waals surface area contributed by atoms with Crippen LogP contribution in [0, 0.1) is 6.92 Å². The van der Waals surface area contributed by atoms with Crippen molar-refractivity contribution < 1.29 is 27.9 Å². The number of hydrogen-bond donors (Lipinski definition) is 1. The Morgan fingerprint density at radius 3 is 2.20 bits per heavy atom. The molecule has 14 heteroatoms. The van der Waals surface area contributed by atoms with Crippen LogP contribution in [0.4, 0.5) is 13.2 Å². The first-order valence-corrected chi connectivity index (χ1v) is 15.4. The van der Waals surface area contributed by atoms with Gasteiger partial charge in [0.15, 0.2) is 12.0 Å². The summed E-state index contributed by atoms with van der Waals surface area (Å²) in [6.45, 7) is 4.83. The molecule has 2 aromatic carbocycles. The van der Waals surface area contributed by atoms with E-state index in [1.807, 2.05) is 7.05 Å². The maximum absolute atomic E-state index is 13.1. The summed E-state index contributed by atoms with van der Waals surface area (Å²) in [7, 11) is 2.00. The lowest BCUT2D eigenvalue weighted by Crippen LogP contribution is -2.44. The average Bonchev–Trinajstić information content (AvgIpc) is 3.38. The van der Waals surface area contributed by atoms with Gasteiger partial charge in [-0.25, -0.2) is 0 Å². The number of amides is 1. The first-order chi connectivity index (χ1) is 20.7. The molecule has 0 bridgehead atoms. The van der Waals surface area contributed by atoms with Gasteiger partial charge in [0, 0.05) is 37.2 Å². The third-order valence-electron chi connectivity index (χ3n) is 6.86. The highest BCUT2D eigenvalue weighted by atomic mass is 35.5. The highest BCUT2D eigenvalue weighted by Crippen LogP contribution is 2.32. The molecule has 1 N–H and O–H groups in total. The van der Waals surface area contributed by atoms with Crippen LogP contribution in [-0.2, 0) is 6.54 Å². The molecule has 1 fully saturated rings. The van der Waals surface area contributed by atoms with Crippen molar-refractivity contribution in [3.8, 4) is 5.75 Å². The van der Waals surface area contributed by atoms with Crippen LogP contribution >= 0.6 is 35.0 Å². The van der Waals surface area contributed by atoms with E-state index >= 15 is 0 Å². The molecule has 5 rings (SSSR count). The summed E-state index contributed by atoms with van der Waals surface area (Å²) in [6.07, 6.45) is -1.42. The molecular formula is C30H33Cl2F3N4O4S. The molecule has 8 nitrogen and oxygen atoms in total. The minimum absolute atomic E-state index is 0.0125. The van der Waals surface area contributed by atoms with Crippen LogP contribution in [0.3, 0.4) is 0 Å². The minimum Gasteiger partial charge on any atom is -0.501 e. The number of alkyl halides is 3. The van der Waals surface area contributed by atoms with Gasteiger partial charge in [0.2, 0.25) is 5.75 Å². The zero-order valence-corrected chi connectivity index (χ0v) is 26.7. The Morgan fingerprint density at radius 2 is 1.68 bits per heavy atom. The van der Waals surface area contributed by atoms with Gasteiger partial charge in [0.25, 0.3) is 5.91 Å². The van der Waals surface area contributed by atoms with Crippen LogP contribution in [0.1, 0.15) is 58.0 Å². The molecule has 3 aromatic rings. The molecule has 3 heterocycles. The second kappa shape index (κ2) is 15.8. The normalized spacial score (nSPS) is 16.4. The summed E-state index contributed by atoms with van der Waals surface area (Å²) in [5.41, 5.74) is 0.948. The number of aromatic hydroxyl groups is 1. The molecular weight excluding hydrogens is 640 g/mol. The smallest absolute Gasteiger partial charge is 0.386 e. The van der Waals surface area contributed by atoms with Crippen molar-refractivity contribution in [1.29, 1.82) is 0 Å². The van der Waals surface area contributed by atoms with Crippen molar-refractivity contribution in [2.45, 2.75) is 50.3 Å². The Kier molecular flexibility index (Phi) is 12.7. The van der Waals surface area contributed by atoms with Crippen LogP contribution in [-0.4, -0.2) is 75.3 Å². The van der Waals surface area contributed by atoms with Gasteiger partial charge in [-0.2, -0.15) is 18.2 Å². The number of thioether (sulfide) groups is 1. The molecule has 1 aromatic heterocycles. The fraction of sp³-hybridized carbons (Fsp3) is 0.400. The van der Waals surface area contributed by atoms with Gasteiger partial charge in [-0.05, 0) is 57.6 Å². The maximum Gasteiger partial charge on any atom is 0.386 e. The van der Waals surface area contributed by atoms with E-state index in [1.165, 1.54) is 5.56 Å². The third kappa shape index (κ3) is 9.72. The lowest BCUT2D eigenvalue weighted by atomic mass is 10.1. The number of hydrogen-bond acceptors (Lipinski definition) is 7. The molecule has 0 radical (unpaired) electrons. The number of rotatable bonds is 6. The van der Waals surface area contributed by atoms with Crippen molar-refractivity contribution in [3.05, 3.63) is 85.5 Å². The number of carbonyl (C=O) groups is 2. The topological polar surface area (TPSA) is 95.7 Å². The molecule has 1 unspecified atom stereocenters. The average molecular weight is 674 g/mol. The summed E-state index contributed by atoms with van der Waals surface area (Å²) in [4.78, 5) is 44.8. The Hall–Kier alpha value is -3.06. The molecule has 2 aliphatic rings. The van der Waals surface area contributed by atoms with Gasteiger partial charge in [-0.15, -0.1) is 11.8 Å². The van der Waals surface area contributed by atoms with Gasteiger partial charge in [0.1, 0.15) is 5.82 Å². The number of halogens is 5. The van der Waals surface area contributed by atoms with Crippen LogP contribution in [0.25, 0.3) is 0 Å². The minimum atomic E-state index is -4.00. The number of nitrogens with zero attached hydrogens (tertiary/aromatic N) is 4. The number of aromatic nitrogens is 2. The zero-order chi connectivity index (χ0) is 32.6. The number of likely N-dealkylation sites (tertiary alicyclic amines) is 1. The highest BCUT2D eigenvalue weighted by Gasteiger charge is 2.35. The van der Waals surface area contributed by atoms with Gasteiger partial charge in [0.05, 0.1) is 21.7 Å². The fourth-order valence-corrected chi connectivity index (χ4v) is 6.07. The summed E-state index contributed by atoms with van der Waals surface area (Å²) in [5.74, 6) is 0.531. The summed E-state index contributed by atoms with van der Waals surface area (Å²) >= 11 is 12.9. The number of fused-ring (bicyclic) bond motifs is 1. The van der Waals surface area contributed by atoms with Crippen LogP contribution in [0.5, 0.6) is 5.75 Å². The Bertz CT molecular complexity index is 1490. The summed E-state index contributed by atoms with van der Waals surface area (Å²) in [5, 5.41) is 11.1. The Balaban J connectivity index is 0.000000291. The Morgan fingerprint density at radius 1 is 1.07 bits per heavy atom. The van der Waals surface area contributed by atoms with E-state index in [1.54, 1.807) is 39.4 Å². The highest BCUT2D eigenvalue weighted by molar-refractivity contribution is 7.99. The van der Waals surface area contributed by atoms with Crippen molar-refractivity contribution in [3.63, 3.8) is 0 Å². The molecule has 0 spiro atoms. The SMILES string of the molecule is CC(F)(F)F.Cc1ccc(SCCN2CCn3c(C4CCCN4C)nc(=O)c(O)c3C2=O)cc1.O=Cc1c(Cl)cccc1Cl. The van der Waals surface area contributed by atoms with E-state index in [2.05, 4.69) is 41.1 Å². The van der Waals surface area contributed by atoms with Crippen molar-refractivity contribution >= 4 is 47.2 Å². The second-order valence-electron chi connectivity index (χ2n) is 10.3.